The van der Waals surface area contributed by atoms with Gasteiger partial charge in [-0.3, -0.25) is 9.36 Å². The third-order valence-electron chi connectivity index (χ3n) is 5.22. The molecular weight excluding hydrogens is 444 g/mol. The van der Waals surface area contributed by atoms with Gasteiger partial charge >= 0.3 is 0 Å². The van der Waals surface area contributed by atoms with Crippen LogP contribution in [0.5, 0.6) is 0 Å². The van der Waals surface area contributed by atoms with E-state index in [2.05, 4.69) is 53.3 Å². The molecule has 8 heteroatoms. The Kier molecular flexibility index (Phi) is 7.35. The summed E-state index contributed by atoms with van der Waals surface area (Å²) in [6.07, 6.45) is 2.07. The number of nitrogens with one attached hydrogen (secondary N) is 1. The Balaban J connectivity index is 1.73. The molecule has 0 spiro atoms. The lowest BCUT2D eigenvalue weighted by atomic mass is 10.0. The van der Waals surface area contributed by atoms with Crippen LogP contribution in [0.15, 0.2) is 72.4 Å². The van der Waals surface area contributed by atoms with Gasteiger partial charge in [-0.25, -0.2) is 4.98 Å². The van der Waals surface area contributed by atoms with Gasteiger partial charge in [-0.2, -0.15) is 5.26 Å². The molecule has 0 fully saturated rings. The smallest absolute Gasteiger partial charge is 0.230 e. The molecule has 0 aliphatic heterocycles. The standard InChI is InChI=1S/C26H24N6OS/c1-3-15-32-25(30-31-26(32)34-17-24(33)28-14-6-13-27)21-16-23(19-11-9-18(2)10-12-19)29-22-8-5-4-7-20(21)22/h3-5,7-12,16H,1,6,14-15,17H2,2H3,(H,28,33). The van der Waals surface area contributed by atoms with Crippen molar-refractivity contribution in [3.8, 4) is 28.7 Å². The van der Waals surface area contributed by atoms with Crippen molar-refractivity contribution >= 4 is 28.6 Å². The van der Waals surface area contributed by atoms with Crippen LogP contribution in [0, 0.1) is 18.3 Å². The number of pyridine rings is 1. The second-order valence-corrected chi connectivity index (χ2v) is 8.63. The molecule has 4 aromatic rings. The number of benzene rings is 2. The highest BCUT2D eigenvalue weighted by Crippen LogP contribution is 2.33. The first kappa shape index (κ1) is 23.2. The summed E-state index contributed by atoms with van der Waals surface area (Å²) in [7, 11) is 0. The molecular formula is C26H24N6OS. The van der Waals surface area contributed by atoms with Crippen LogP contribution >= 0.6 is 11.8 Å². The lowest BCUT2D eigenvalue weighted by molar-refractivity contribution is -0.118. The second kappa shape index (κ2) is 10.8. The number of aryl methyl sites for hydroxylation is 1. The molecule has 170 valence electrons. The number of rotatable bonds is 9. The average molecular weight is 469 g/mol. The number of nitrogens with zero attached hydrogens (tertiary/aromatic N) is 5. The highest BCUT2D eigenvalue weighted by atomic mass is 32.2. The van der Waals surface area contributed by atoms with Crippen molar-refractivity contribution in [1.82, 2.24) is 25.1 Å². The Hall–Kier alpha value is -3.96. The predicted molar refractivity (Wildman–Crippen MR) is 135 cm³/mol. The number of nitriles is 1. The van der Waals surface area contributed by atoms with Crippen LogP contribution in [0.2, 0.25) is 0 Å². The van der Waals surface area contributed by atoms with Gasteiger partial charge in [-0.15, -0.1) is 16.8 Å². The molecule has 0 radical (unpaired) electrons. The lowest BCUT2D eigenvalue weighted by Crippen LogP contribution is -2.26. The van der Waals surface area contributed by atoms with Crippen molar-refractivity contribution in [3.63, 3.8) is 0 Å². The number of hydrogen-bond donors (Lipinski definition) is 1. The molecule has 0 unspecified atom stereocenters. The van der Waals surface area contributed by atoms with E-state index in [0.29, 0.717) is 24.1 Å². The molecule has 2 heterocycles. The van der Waals surface area contributed by atoms with Crippen LogP contribution in [-0.2, 0) is 11.3 Å². The van der Waals surface area contributed by atoms with Crippen LogP contribution in [-0.4, -0.2) is 38.0 Å². The first-order chi connectivity index (χ1) is 16.6. The quantitative estimate of drug-likeness (QED) is 0.216. The van der Waals surface area contributed by atoms with E-state index in [-0.39, 0.29) is 18.1 Å². The molecule has 0 saturated heterocycles. The minimum Gasteiger partial charge on any atom is -0.354 e. The predicted octanol–water partition coefficient (Wildman–Crippen LogP) is 4.78. The number of fused-ring (bicyclic) bond motifs is 1. The van der Waals surface area contributed by atoms with Gasteiger partial charge in [0, 0.05) is 29.6 Å². The number of carbonyl (C=O) groups is 1. The van der Waals surface area contributed by atoms with Crippen molar-refractivity contribution < 1.29 is 4.79 Å². The first-order valence-electron chi connectivity index (χ1n) is 10.9. The Morgan fingerprint density at radius 1 is 1.21 bits per heavy atom. The summed E-state index contributed by atoms with van der Waals surface area (Å²) in [4.78, 5) is 17.0. The molecule has 0 aliphatic rings. The summed E-state index contributed by atoms with van der Waals surface area (Å²) in [5, 5.41) is 21.8. The molecule has 0 aliphatic carbocycles. The van der Waals surface area contributed by atoms with E-state index in [1.165, 1.54) is 17.3 Å². The fraction of sp³-hybridized carbons (Fsp3) is 0.192. The molecule has 4 rings (SSSR count). The number of aromatic nitrogens is 4. The maximum Gasteiger partial charge on any atom is 0.230 e. The highest BCUT2D eigenvalue weighted by Gasteiger charge is 2.18. The summed E-state index contributed by atoms with van der Waals surface area (Å²) in [5.74, 6) is 0.733. The summed E-state index contributed by atoms with van der Waals surface area (Å²) in [6, 6.07) is 20.3. The maximum atomic E-state index is 12.1. The molecule has 7 nitrogen and oxygen atoms in total. The first-order valence-corrected chi connectivity index (χ1v) is 11.9. The van der Waals surface area contributed by atoms with E-state index in [1.54, 1.807) is 6.08 Å². The molecule has 34 heavy (non-hydrogen) atoms. The van der Waals surface area contributed by atoms with Gasteiger partial charge in [0.05, 0.1) is 29.5 Å². The molecule has 0 atom stereocenters. The van der Waals surface area contributed by atoms with Crippen LogP contribution in [0.4, 0.5) is 0 Å². The van der Waals surface area contributed by atoms with Crippen LogP contribution < -0.4 is 5.32 Å². The highest BCUT2D eigenvalue weighted by molar-refractivity contribution is 7.99. The van der Waals surface area contributed by atoms with E-state index >= 15 is 0 Å². The van der Waals surface area contributed by atoms with Gasteiger partial charge in [0.2, 0.25) is 5.91 Å². The van der Waals surface area contributed by atoms with Crippen LogP contribution in [0.25, 0.3) is 33.5 Å². The number of amides is 1. The normalized spacial score (nSPS) is 10.7. The monoisotopic (exact) mass is 468 g/mol. The maximum absolute atomic E-state index is 12.1. The van der Waals surface area contributed by atoms with Crippen LogP contribution in [0.1, 0.15) is 12.0 Å². The van der Waals surface area contributed by atoms with Gasteiger partial charge < -0.3 is 5.32 Å². The molecule has 0 saturated carbocycles. The largest absolute Gasteiger partial charge is 0.354 e. The van der Waals surface area contributed by atoms with E-state index in [0.717, 1.165) is 27.7 Å². The molecule has 1 N–H and O–H groups in total. The Bertz CT molecular complexity index is 1370. The third-order valence-corrected chi connectivity index (χ3v) is 6.19. The zero-order valence-electron chi connectivity index (χ0n) is 18.9. The minimum absolute atomic E-state index is 0.147. The number of carbonyl (C=O) groups excluding carboxylic acids is 1. The van der Waals surface area contributed by atoms with E-state index in [4.69, 9.17) is 10.2 Å². The second-order valence-electron chi connectivity index (χ2n) is 7.69. The van der Waals surface area contributed by atoms with Crippen LogP contribution in [0.3, 0.4) is 0 Å². The average Bonchev–Trinajstić information content (AvgIpc) is 3.25. The van der Waals surface area contributed by atoms with Gasteiger partial charge in [-0.05, 0) is 19.1 Å². The number of para-hydroxylation sites is 1. The van der Waals surface area contributed by atoms with Crippen molar-refractivity contribution in [1.29, 1.82) is 5.26 Å². The van der Waals surface area contributed by atoms with Gasteiger partial charge in [0.25, 0.3) is 0 Å². The summed E-state index contributed by atoms with van der Waals surface area (Å²) in [5.41, 5.74) is 4.86. The van der Waals surface area contributed by atoms with Gasteiger partial charge in [0.1, 0.15) is 0 Å². The zero-order valence-corrected chi connectivity index (χ0v) is 19.7. The SMILES string of the molecule is C=CCn1c(SCC(=O)NCCC#N)nnc1-c1cc(-c2ccc(C)cc2)nc2ccccc12. The third kappa shape index (κ3) is 5.16. The molecule has 1 amide bonds. The van der Waals surface area contributed by atoms with E-state index in [9.17, 15) is 4.79 Å². The number of hydrogen-bond acceptors (Lipinski definition) is 6. The van der Waals surface area contributed by atoms with E-state index in [1.807, 2.05) is 41.0 Å². The summed E-state index contributed by atoms with van der Waals surface area (Å²) in [6.45, 7) is 6.78. The fourth-order valence-electron chi connectivity index (χ4n) is 3.56. The Morgan fingerprint density at radius 3 is 2.76 bits per heavy atom. The number of allylic oxidation sites excluding steroid dienone is 1. The lowest BCUT2D eigenvalue weighted by Gasteiger charge is -2.12. The molecule has 2 aromatic heterocycles. The van der Waals surface area contributed by atoms with Crippen molar-refractivity contribution in [2.45, 2.75) is 25.0 Å². The topological polar surface area (TPSA) is 96.5 Å². The zero-order chi connectivity index (χ0) is 23.9. The molecule has 0 bridgehead atoms. The Morgan fingerprint density at radius 2 is 2.00 bits per heavy atom. The molecule has 2 aromatic carbocycles. The fourth-order valence-corrected chi connectivity index (χ4v) is 4.34. The van der Waals surface area contributed by atoms with Crippen molar-refractivity contribution in [2.75, 3.05) is 12.3 Å². The summed E-state index contributed by atoms with van der Waals surface area (Å²) >= 11 is 1.31. The van der Waals surface area contributed by atoms with E-state index < -0.39 is 0 Å². The van der Waals surface area contributed by atoms with Gasteiger partial charge in [-0.1, -0.05) is 65.9 Å². The minimum atomic E-state index is -0.147. The Labute approximate surface area is 202 Å². The van der Waals surface area contributed by atoms with Crippen molar-refractivity contribution in [2.24, 2.45) is 0 Å². The summed E-state index contributed by atoms with van der Waals surface area (Å²) < 4.78 is 1.96. The number of thioether (sulfide) groups is 1. The van der Waals surface area contributed by atoms with Crippen molar-refractivity contribution in [3.05, 3.63) is 72.8 Å². The van der Waals surface area contributed by atoms with Gasteiger partial charge in [0.15, 0.2) is 11.0 Å².